The van der Waals surface area contributed by atoms with Gasteiger partial charge >= 0.3 is 0 Å². The maximum atomic E-state index is 6.23. The van der Waals surface area contributed by atoms with Crippen LogP contribution in [0.1, 0.15) is 39.8 Å². The maximum Gasteiger partial charge on any atom is 0.128 e. The highest BCUT2D eigenvalue weighted by atomic mass is 35.5. The minimum Gasteiger partial charge on any atom is -0.359 e. The van der Waals surface area contributed by atoms with Crippen LogP contribution in [-0.2, 0) is 6.54 Å². The zero-order chi connectivity index (χ0) is 15.1. The average molecular weight is 298 g/mol. The van der Waals surface area contributed by atoms with E-state index in [0.29, 0.717) is 11.8 Å². The van der Waals surface area contributed by atoms with E-state index in [-0.39, 0.29) is 0 Å². The van der Waals surface area contributed by atoms with Crippen LogP contribution in [-0.4, -0.2) is 25.1 Å². The molecule has 20 heavy (non-hydrogen) atoms. The van der Waals surface area contributed by atoms with Crippen LogP contribution in [0, 0.1) is 11.8 Å². The summed E-state index contributed by atoms with van der Waals surface area (Å²) >= 11 is 6.23. The molecule has 1 aromatic rings. The number of rotatable bonds is 8. The third kappa shape index (κ3) is 5.68. The predicted octanol–water partition coefficient (Wildman–Crippen LogP) is 3.96. The Labute approximate surface area is 128 Å². The van der Waals surface area contributed by atoms with Crippen molar-refractivity contribution in [2.24, 2.45) is 11.8 Å². The first-order chi connectivity index (χ1) is 9.43. The summed E-state index contributed by atoms with van der Waals surface area (Å²) in [5.74, 6) is 2.29. The van der Waals surface area contributed by atoms with Crippen LogP contribution < -0.4 is 10.2 Å². The number of nitrogens with zero attached hydrogens (tertiary/aromatic N) is 2. The predicted molar refractivity (Wildman–Crippen MR) is 88.5 cm³/mol. The molecular formula is C16H28ClN3. The highest BCUT2D eigenvalue weighted by Gasteiger charge is 2.10. The second kappa shape index (κ2) is 8.48. The Morgan fingerprint density at radius 3 is 2.60 bits per heavy atom. The van der Waals surface area contributed by atoms with Crippen LogP contribution in [0.5, 0.6) is 0 Å². The normalized spacial score (nSPS) is 12.8. The molecule has 0 saturated heterocycles. The van der Waals surface area contributed by atoms with Crippen LogP contribution in [0.2, 0.25) is 5.02 Å². The zero-order valence-electron chi connectivity index (χ0n) is 13.4. The molecule has 0 bridgehead atoms. The molecule has 0 saturated carbocycles. The number of halogens is 1. The van der Waals surface area contributed by atoms with Crippen molar-refractivity contribution in [1.82, 2.24) is 10.3 Å². The molecule has 3 nitrogen and oxygen atoms in total. The largest absolute Gasteiger partial charge is 0.359 e. The smallest absolute Gasteiger partial charge is 0.128 e. The second-order valence-corrected chi connectivity index (χ2v) is 6.42. The number of hydrogen-bond donors (Lipinski definition) is 1. The summed E-state index contributed by atoms with van der Waals surface area (Å²) in [5, 5.41) is 4.13. The molecule has 0 aliphatic heterocycles. The molecule has 0 amide bonds. The molecule has 1 N–H and O–H groups in total. The molecule has 0 aliphatic rings. The van der Waals surface area contributed by atoms with Crippen molar-refractivity contribution in [1.29, 1.82) is 0 Å². The molecule has 0 fully saturated rings. The molecule has 0 aromatic carbocycles. The fraction of sp³-hybridized carbons (Fsp3) is 0.688. The number of nitrogens with one attached hydrogen (secondary N) is 1. The van der Waals surface area contributed by atoms with Crippen LogP contribution in [0.25, 0.3) is 0 Å². The van der Waals surface area contributed by atoms with E-state index in [2.05, 4.69) is 49.9 Å². The molecule has 1 heterocycles. The van der Waals surface area contributed by atoms with Crippen molar-refractivity contribution < 1.29 is 0 Å². The molecule has 1 unspecified atom stereocenters. The molecule has 0 aliphatic carbocycles. The van der Waals surface area contributed by atoms with Gasteiger partial charge < -0.3 is 10.2 Å². The number of hydrogen-bond acceptors (Lipinski definition) is 3. The van der Waals surface area contributed by atoms with Gasteiger partial charge in [0, 0.05) is 20.1 Å². The highest BCUT2D eigenvalue weighted by Crippen LogP contribution is 2.19. The molecule has 1 rings (SSSR count). The first-order valence-electron chi connectivity index (χ1n) is 7.51. The molecule has 1 atom stereocenters. The summed E-state index contributed by atoms with van der Waals surface area (Å²) in [6.07, 6.45) is 1.18. The molecule has 0 radical (unpaired) electrons. The lowest BCUT2D eigenvalue weighted by Gasteiger charge is -2.22. The number of anilines is 1. The van der Waals surface area contributed by atoms with Crippen molar-refractivity contribution in [2.45, 2.75) is 40.7 Å². The van der Waals surface area contributed by atoms with E-state index in [1.165, 1.54) is 6.42 Å². The van der Waals surface area contributed by atoms with Crippen molar-refractivity contribution in [3.63, 3.8) is 0 Å². The van der Waals surface area contributed by atoms with E-state index in [9.17, 15) is 0 Å². The molecule has 0 spiro atoms. The van der Waals surface area contributed by atoms with E-state index in [4.69, 9.17) is 11.6 Å². The van der Waals surface area contributed by atoms with Crippen molar-refractivity contribution >= 4 is 17.4 Å². The second-order valence-electron chi connectivity index (χ2n) is 6.02. The van der Waals surface area contributed by atoms with Gasteiger partial charge in [-0.2, -0.15) is 0 Å². The summed E-state index contributed by atoms with van der Waals surface area (Å²) < 4.78 is 0. The molecule has 4 heteroatoms. The van der Waals surface area contributed by atoms with Gasteiger partial charge in [0.05, 0.1) is 10.7 Å². The quantitative estimate of drug-likeness (QED) is 0.787. The SMILES string of the molecule is CCC(C)CN(C)c1ccc(Cl)c(CNCC(C)C)n1. The minimum atomic E-state index is 0.630. The van der Waals surface area contributed by atoms with E-state index >= 15 is 0 Å². The third-order valence-corrected chi connectivity index (χ3v) is 3.77. The van der Waals surface area contributed by atoms with Gasteiger partial charge in [0.2, 0.25) is 0 Å². The van der Waals surface area contributed by atoms with Gasteiger partial charge in [-0.15, -0.1) is 0 Å². The lowest BCUT2D eigenvalue weighted by Crippen LogP contribution is -2.25. The minimum absolute atomic E-state index is 0.630. The fourth-order valence-corrected chi connectivity index (χ4v) is 2.15. The lowest BCUT2D eigenvalue weighted by molar-refractivity contribution is 0.545. The monoisotopic (exact) mass is 297 g/mol. The fourth-order valence-electron chi connectivity index (χ4n) is 1.98. The van der Waals surface area contributed by atoms with E-state index in [1.807, 2.05) is 12.1 Å². The highest BCUT2D eigenvalue weighted by molar-refractivity contribution is 6.31. The van der Waals surface area contributed by atoms with Gasteiger partial charge in [0.25, 0.3) is 0 Å². The van der Waals surface area contributed by atoms with Crippen molar-refractivity contribution in [3.8, 4) is 0 Å². The average Bonchev–Trinajstić information content (AvgIpc) is 2.40. The van der Waals surface area contributed by atoms with Crippen molar-refractivity contribution in [3.05, 3.63) is 22.8 Å². The molecular weight excluding hydrogens is 270 g/mol. The van der Waals surface area contributed by atoms with E-state index < -0.39 is 0 Å². The Bertz CT molecular complexity index is 407. The Morgan fingerprint density at radius 1 is 1.30 bits per heavy atom. The van der Waals surface area contributed by atoms with E-state index in [1.54, 1.807) is 0 Å². The Hall–Kier alpha value is -0.800. The Balaban J connectivity index is 2.69. The van der Waals surface area contributed by atoms with Gasteiger partial charge in [0.15, 0.2) is 0 Å². The standard InChI is InChI=1S/C16H28ClN3/c1-6-13(4)11-20(5)16-8-7-14(17)15(19-16)10-18-9-12(2)3/h7-8,12-13,18H,6,9-11H2,1-5H3. The lowest BCUT2D eigenvalue weighted by atomic mass is 10.1. The Morgan fingerprint density at radius 2 is 2.00 bits per heavy atom. The third-order valence-electron chi connectivity index (χ3n) is 3.42. The first kappa shape index (κ1) is 17.3. The summed E-state index contributed by atoms with van der Waals surface area (Å²) in [7, 11) is 2.09. The van der Waals surface area contributed by atoms with Crippen LogP contribution in [0.4, 0.5) is 5.82 Å². The maximum absolute atomic E-state index is 6.23. The number of aromatic nitrogens is 1. The van der Waals surface area contributed by atoms with Crippen LogP contribution in [0.3, 0.4) is 0 Å². The van der Waals surface area contributed by atoms with E-state index in [0.717, 1.165) is 36.2 Å². The van der Waals surface area contributed by atoms with Crippen molar-refractivity contribution in [2.75, 3.05) is 25.0 Å². The summed E-state index contributed by atoms with van der Waals surface area (Å²) in [5.41, 5.74) is 0.931. The van der Waals surface area contributed by atoms with Gasteiger partial charge in [-0.05, 0) is 30.5 Å². The number of pyridine rings is 1. The van der Waals surface area contributed by atoms with Gasteiger partial charge in [0.1, 0.15) is 5.82 Å². The molecule has 1 aromatic heterocycles. The molecule has 114 valence electrons. The zero-order valence-corrected chi connectivity index (χ0v) is 14.2. The topological polar surface area (TPSA) is 28.2 Å². The Kier molecular flexibility index (Phi) is 7.31. The summed E-state index contributed by atoms with van der Waals surface area (Å²) in [6, 6.07) is 3.94. The van der Waals surface area contributed by atoms with Gasteiger partial charge in [-0.1, -0.05) is 45.7 Å². The van der Waals surface area contributed by atoms with Crippen LogP contribution >= 0.6 is 11.6 Å². The van der Waals surface area contributed by atoms with Gasteiger partial charge in [-0.3, -0.25) is 0 Å². The first-order valence-corrected chi connectivity index (χ1v) is 7.89. The summed E-state index contributed by atoms with van der Waals surface area (Å²) in [6.45, 7) is 11.6. The van der Waals surface area contributed by atoms with Crippen LogP contribution in [0.15, 0.2) is 12.1 Å². The van der Waals surface area contributed by atoms with Gasteiger partial charge in [-0.25, -0.2) is 4.98 Å². The summed E-state index contributed by atoms with van der Waals surface area (Å²) in [4.78, 5) is 6.89.